The number of amides is 2. The Morgan fingerprint density at radius 3 is 2.81 bits per heavy atom. The van der Waals surface area contributed by atoms with E-state index in [1.165, 1.54) is 4.90 Å². The van der Waals surface area contributed by atoms with Crippen LogP contribution in [0, 0.1) is 5.92 Å². The molecule has 5 nitrogen and oxygen atoms in total. The maximum Gasteiger partial charge on any atom is 0.326 e. The third-order valence-corrected chi connectivity index (χ3v) is 3.10. The van der Waals surface area contributed by atoms with Crippen molar-refractivity contribution in [1.82, 2.24) is 10.2 Å². The van der Waals surface area contributed by atoms with Gasteiger partial charge in [-0.25, -0.2) is 9.59 Å². The van der Waals surface area contributed by atoms with Crippen LogP contribution in [0.3, 0.4) is 0 Å². The summed E-state index contributed by atoms with van der Waals surface area (Å²) >= 11 is 0. The molecule has 16 heavy (non-hydrogen) atoms. The summed E-state index contributed by atoms with van der Waals surface area (Å²) in [5.41, 5.74) is 0. The van der Waals surface area contributed by atoms with Gasteiger partial charge in [-0.15, -0.1) is 0 Å². The zero-order valence-electron chi connectivity index (χ0n) is 9.90. The number of hydrogen-bond donors (Lipinski definition) is 2. The van der Waals surface area contributed by atoms with E-state index in [-0.39, 0.29) is 6.03 Å². The van der Waals surface area contributed by atoms with Crippen molar-refractivity contribution >= 4 is 12.0 Å². The predicted molar refractivity (Wildman–Crippen MR) is 60.2 cm³/mol. The first-order chi connectivity index (χ1) is 7.56. The van der Waals surface area contributed by atoms with Crippen molar-refractivity contribution in [2.24, 2.45) is 5.92 Å². The fourth-order valence-corrected chi connectivity index (χ4v) is 1.77. The number of likely N-dealkylation sites (tertiary alicyclic amines) is 1. The molecule has 1 aliphatic rings. The largest absolute Gasteiger partial charge is 0.480 e. The topological polar surface area (TPSA) is 69.6 Å². The van der Waals surface area contributed by atoms with Crippen molar-refractivity contribution in [3.8, 4) is 0 Å². The van der Waals surface area contributed by atoms with Crippen LogP contribution in [0.1, 0.15) is 33.1 Å². The van der Waals surface area contributed by atoms with E-state index in [1.807, 2.05) is 0 Å². The molecule has 92 valence electrons. The first-order valence-electron chi connectivity index (χ1n) is 5.83. The zero-order valence-corrected chi connectivity index (χ0v) is 9.90. The number of rotatable bonds is 4. The molecule has 2 amide bonds. The molecule has 1 saturated heterocycles. The van der Waals surface area contributed by atoms with E-state index < -0.39 is 12.0 Å². The minimum atomic E-state index is -0.906. The Balaban J connectivity index is 2.44. The van der Waals surface area contributed by atoms with Crippen molar-refractivity contribution in [2.75, 3.05) is 13.1 Å². The third kappa shape index (κ3) is 3.12. The number of carbonyl (C=O) groups is 2. The van der Waals surface area contributed by atoms with Crippen molar-refractivity contribution in [1.29, 1.82) is 0 Å². The molecule has 5 heteroatoms. The Morgan fingerprint density at radius 2 is 2.25 bits per heavy atom. The van der Waals surface area contributed by atoms with Gasteiger partial charge in [0.25, 0.3) is 0 Å². The van der Waals surface area contributed by atoms with E-state index in [9.17, 15) is 9.59 Å². The fourth-order valence-electron chi connectivity index (χ4n) is 1.77. The van der Waals surface area contributed by atoms with Crippen LogP contribution in [0.25, 0.3) is 0 Å². The molecule has 2 atom stereocenters. The lowest BCUT2D eigenvalue weighted by Crippen LogP contribution is -2.46. The number of carbonyl (C=O) groups excluding carboxylic acids is 1. The highest BCUT2D eigenvalue weighted by molar-refractivity contribution is 5.83. The number of hydrogen-bond acceptors (Lipinski definition) is 2. The van der Waals surface area contributed by atoms with Gasteiger partial charge in [-0.2, -0.15) is 0 Å². The van der Waals surface area contributed by atoms with Gasteiger partial charge >= 0.3 is 12.0 Å². The van der Waals surface area contributed by atoms with Gasteiger partial charge in [0.15, 0.2) is 0 Å². The summed E-state index contributed by atoms with van der Waals surface area (Å²) in [5.74, 6) is -0.481. The smallest absolute Gasteiger partial charge is 0.326 e. The molecule has 0 aromatic carbocycles. The van der Waals surface area contributed by atoms with Gasteiger partial charge in [-0.1, -0.05) is 20.3 Å². The minimum Gasteiger partial charge on any atom is -0.480 e. The molecule has 0 saturated carbocycles. The van der Waals surface area contributed by atoms with E-state index in [2.05, 4.69) is 19.2 Å². The summed E-state index contributed by atoms with van der Waals surface area (Å²) in [6.07, 6.45) is 2.34. The maximum atomic E-state index is 11.7. The molecule has 1 rings (SSSR count). The second-order valence-electron chi connectivity index (χ2n) is 4.39. The lowest BCUT2D eigenvalue weighted by Gasteiger charge is -2.22. The van der Waals surface area contributed by atoms with Gasteiger partial charge in [0.05, 0.1) is 0 Å². The van der Waals surface area contributed by atoms with Gasteiger partial charge in [-0.3, -0.25) is 0 Å². The molecule has 0 aromatic heterocycles. The molecule has 0 bridgehead atoms. The Morgan fingerprint density at radius 1 is 1.56 bits per heavy atom. The number of nitrogens with zero attached hydrogens (tertiary/aromatic N) is 1. The fraction of sp³-hybridized carbons (Fsp3) is 0.818. The van der Waals surface area contributed by atoms with Gasteiger partial charge < -0.3 is 15.3 Å². The normalized spacial score (nSPS) is 21.9. The van der Waals surface area contributed by atoms with Gasteiger partial charge in [0.1, 0.15) is 6.04 Å². The zero-order chi connectivity index (χ0) is 12.1. The van der Waals surface area contributed by atoms with Crippen molar-refractivity contribution < 1.29 is 14.7 Å². The molecule has 1 aliphatic heterocycles. The summed E-state index contributed by atoms with van der Waals surface area (Å²) in [5, 5.41) is 11.7. The molecule has 1 unspecified atom stereocenters. The van der Waals surface area contributed by atoms with E-state index >= 15 is 0 Å². The van der Waals surface area contributed by atoms with E-state index in [0.29, 0.717) is 25.4 Å². The number of nitrogens with one attached hydrogen (secondary N) is 1. The molecule has 0 aromatic rings. The van der Waals surface area contributed by atoms with Crippen LogP contribution in [0.4, 0.5) is 4.79 Å². The van der Waals surface area contributed by atoms with Gasteiger partial charge in [0, 0.05) is 13.1 Å². The highest BCUT2D eigenvalue weighted by atomic mass is 16.4. The van der Waals surface area contributed by atoms with Crippen LogP contribution < -0.4 is 5.32 Å². The Labute approximate surface area is 95.8 Å². The van der Waals surface area contributed by atoms with Crippen LogP contribution in [0.2, 0.25) is 0 Å². The predicted octanol–water partition coefficient (Wildman–Crippen LogP) is 1.29. The average molecular weight is 228 g/mol. The summed E-state index contributed by atoms with van der Waals surface area (Å²) in [6.45, 7) is 5.27. The third-order valence-electron chi connectivity index (χ3n) is 3.10. The van der Waals surface area contributed by atoms with E-state index in [0.717, 1.165) is 12.8 Å². The van der Waals surface area contributed by atoms with Crippen molar-refractivity contribution in [2.45, 2.75) is 39.2 Å². The maximum absolute atomic E-state index is 11.7. The lowest BCUT2D eigenvalue weighted by atomic mass is 10.1. The van der Waals surface area contributed by atoms with Crippen molar-refractivity contribution in [3.63, 3.8) is 0 Å². The average Bonchev–Trinajstić information content (AvgIpc) is 2.74. The molecule has 0 spiro atoms. The number of urea groups is 1. The second-order valence-corrected chi connectivity index (χ2v) is 4.39. The quantitative estimate of drug-likeness (QED) is 0.761. The monoisotopic (exact) mass is 228 g/mol. The van der Waals surface area contributed by atoms with Crippen LogP contribution >= 0.6 is 0 Å². The summed E-state index contributed by atoms with van der Waals surface area (Å²) in [6, 6.07) is -0.887. The molecule has 2 N–H and O–H groups in total. The first kappa shape index (κ1) is 12.8. The summed E-state index contributed by atoms with van der Waals surface area (Å²) in [4.78, 5) is 24.0. The van der Waals surface area contributed by atoms with E-state index in [4.69, 9.17) is 5.11 Å². The standard InChI is InChI=1S/C11H20N2O3/c1-3-8(2)7-12-11(16)13-6-4-5-9(13)10(14)15/h8-9H,3-7H2,1-2H3,(H,12,16)(H,14,15)/t8?,9-/m1/s1. The highest BCUT2D eigenvalue weighted by Crippen LogP contribution is 2.17. The number of carboxylic acid groups (broad SMARTS) is 1. The van der Waals surface area contributed by atoms with Gasteiger partial charge in [0.2, 0.25) is 0 Å². The summed E-state index contributed by atoms with van der Waals surface area (Å²) in [7, 11) is 0. The van der Waals surface area contributed by atoms with Crippen LogP contribution in [0.5, 0.6) is 0 Å². The molecular formula is C11H20N2O3. The molecule has 1 heterocycles. The van der Waals surface area contributed by atoms with Gasteiger partial charge in [-0.05, 0) is 18.8 Å². The summed E-state index contributed by atoms with van der Waals surface area (Å²) < 4.78 is 0. The van der Waals surface area contributed by atoms with Crippen LogP contribution in [-0.4, -0.2) is 41.1 Å². The Bertz CT molecular complexity index is 268. The van der Waals surface area contributed by atoms with Crippen molar-refractivity contribution in [3.05, 3.63) is 0 Å². The second kappa shape index (κ2) is 5.72. The highest BCUT2D eigenvalue weighted by Gasteiger charge is 2.33. The molecule has 0 aliphatic carbocycles. The molecular weight excluding hydrogens is 208 g/mol. The number of carboxylic acids is 1. The minimum absolute atomic E-state index is 0.245. The van der Waals surface area contributed by atoms with Crippen LogP contribution in [0.15, 0.2) is 0 Å². The Kier molecular flexibility index (Phi) is 4.58. The molecule has 1 fully saturated rings. The van der Waals surface area contributed by atoms with E-state index in [1.54, 1.807) is 0 Å². The Hall–Kier alpha value is -1.26. The molecule has 0 radical (unpaired) electrons. The first-order valence-corrected chi connectivity index (χ1v) is 5.83. The van der Waals surface area contributed by atoms with Crippen LogP contribution in [-0.2, 0) is 4.79 Å². The lowest BCUT2D eigenvalue weighted by molar-refractivity contribution is -0.141. The number of aliphatic carboxylic acids is 1. The SMILES string of the molecule is CCC(C)CNC(=O)N1CCC[C@@H]1C(=O)O.